The molecule has 2 N–H and O–H groups in total. The summed E-state index contributed by atoms with van der Waals surface area (Å²) in [6.07, 6.45) is 7.74. The predicted octanol–water partition coefficient (Wildman–Crippen LogP) is 0.913. The van der Waals surface area contributed by atoms with Crippen molar-refractivity contribution in [3.05, 3.63) is 17.5 Å². The Labute approximate surface area is 113 Å². The molecule has 0 saturated heterocycles. The summed E-state index contributed by atoms with van der Waals surface area (Å²) in [6, 6.07) is 0.146. The number of rotatable bonds is 5. The van der Waals surface area contributed by atoms with E-state index in [1.165, 1.54) is 24.1 Å². The zero-order chi connectivity index (χ0) is 13.2. The number of carbonyl (C=O) groups is 1. The maximum absolute atomic E-state index is 11.9. The number of nitrogens with zero attached hydrogens (tertiary/aromatic N) is 2. The van der Waals surface area contributed by atoms with Crippen molar-refractivity contribution >= 4 is 5.91 Å². The molecule has 0 spiro atoms. The van der Waals surface area contributed by atoms with E-state index in [2.05, 4.69) is 15.7 Å². The summed E-state index contributed by atoms with van der Waals surface area (Å²) >= 11 is 0. The molecule has 0 aliphatic heterocycles. The third kappa shape index (κ3) is 2.97. The Morgan fingerprint density at radius 3 is 3.11 bits per heavy atom. The number of hydrogen-bond donors (Lipinski definition) is 2. The van der Waals surface area contributed by atoms with E-state index in [0.717, 1.165) is 31.7 Å². The van der Waals surface area contributed by atoms with Gasteiger partial charge in [-0.3, -0.25) is 9.48 Å². The number of nitrogens with one attached hydrogen (secondary N) is 2. The highest BCUT2D eigenvalue weighted by Gasteiger charge is 2.25. The lowest BCUT2D eigenvalue weighted by molar-refractivity contribution is -0.121. The van der Waals surface area contributed by atoms with Crippen LogP contribution in [0.1, 0.15) is 43.0 Å². The summed E-state index contributed by atoms with van der Waals surface area (Å²) in [5, 5.41) is 10.7. The summed E-state index contributed by atoms with van der Waals surface area (Å²) in [7, 11) is 1.97. The summed E-state index contributed by atoms with van der Waals surface area (Å²) in [5.74, 6) is 0.912. The normalized spacial score (nSPS) is 22.1. The van der Waals surface area contributed by atoms with Gasteiger partial charge in [-0.05, 0) is 44.6 Å². The zero-order valence-corrected chi connectivity index (χ0v) is 11.5. The number of fused-ring (bicyclic) bond motifs is 1. The highest BCUT2D eigenvalue weighted by molar-refractivity contribution is 5.78. The van der Waals surface area contributed by atoms with Gasteiger partial charge in [0.1, 0.15) is 0 Å². The molecule has 5 nitrogen and oxygen atoms in total. The van der Waals surface area contributed by atoms with Crippen LogP contribution in [0.4, 0.5) is 0 Å². The van der Waals surface area contributed by atoms with Crippen molar-refractivity contribution in [2.75, 3.05) is 13.1 Å². The van der Waals surface area contributed by atoms with Crippen molar-refractivity contribution in [2.45, 2.75) is 38.1 Å². The molecule has 1 aromatic heterocycles. The molecule has 19 heavy (non-hydrogen) atoms. The Bertz CT molecular complexity index is 464. The SMILES string of the molecule is Cn1ncc2c1CCCC2NC(=O)CNCC1CC1. The predicted molar refractivity (Wildman–Crippen MR) is 72.6 cm³/mol. The quantitative estimate of drug-likeness (QED) is 0.829. The van der Waals surface area contributed by atoms with Crippen LogP contribution < -0.4 is 10.6 Å². The second-order valence-electron chi connectivity index (χ2n) is 5.76. The van der Waals surface area contributed by atoms with E-state index < -0.39 is 0 Å². The molecule has 0 aromatic carbocycles. The monoisotopic (exact) mass is 262 g/mol. The van der Waals surface area contributed by atoms with Crippen molar-refractivity contribution in [3.8, 4) is 0 Å². The number of amides is 1. The molecule has 0 bridgehead atoms. The van der Waals surface area contributed by atoms with E-state index in [-0.39, 0.29) is 11.9 Å². The Balaban J connectivity index is 1.53. The van der Waals surface area contributed by atoms with Gasteiger partial charge in [0.2, 0.25) is 5.91 Å². The van der Waals surface area contributed by atoms with Gasteiger partial charge in [-0.2, -0.15) is 5.10 Å². The number of hydrogen-bond acceptors (Lipinski definition) is 3. The average molecular weight is 262 g/mol. The van der Waals surface area contributed by atoms with E-state index in [1.54, 1.807) is 0 Å². The van der Waals surface area contributed by atoms with E-state index in [0.29, 0.717) is 6.54 Å². The second kappa shape index (κ2) is 5.33. The van der Waals surface area contributed by atoms with Crippen molar-refractivity contribution in [1.82, 2.24) is 20.4 Å². The minimum absolute atomic E-state index is 0.0994. The highest BCUT2D eigenvalue weighted by atomic mass is 16.1. The fraction of sp³-hybridized carbons (Fsp3) is 0.714. The van der Waals surface area contributed by atoms with Crippen LogP contribution in [-0.2, 0) is 18.3 Å². The number of aromatic nitrogens is 2. The molecule has 104 valence electrons. The van der Waals surface area contributed by atoms with Gasteiger partial charge < -0.3 is 10.6 Å². The minimum Gasteiger partial charge on any atom is -0.348 e. The van der Waals surface area contributed by atoms with Gasteiger partial charge in [-0.25, -0.2) is 0 Å². The Hall–Kier alpha value is -1.36. The lowest BCUT2D eigenvalue weighted by Gasteiger charge is -2.23. The van der Waals surface area contributed by atoms with Crippen LogP contribution in [0, 0.1) is 5.92 Å². The molecule has 1 aromatic rings. The number of carbonyl (C=O) groups excluding carboxylic acids is 1. The molecule has 1 saturated carbocycles. The average Bonchev–Trinajstić information content (AvgIpc) is 3.14. The van der Waals surface area contributed by atoms with Crippen LogP contribution in [0.3, 0.4) is 0 Å². The van der Waals surface area contributed by atoms with Crippen molar-refractivity contribution in [1.29, 1.82) is 0 Å². The zero-order valence-electron chi connectivity index (χ0n) is 11.5. The van der Waals surface area contributed by atoms with Gasteiger partial charge in [0.15, 0.2) is 0 Å². The van der Waals surface area contributed by atoms with Crippen LogP contribution in [0.25, 0.3) is 0 Å². The van der Waals surface area contributed by atoms with Crippen LogP contribution in [-0.4, -0.2) is 28.8 Å². The number of aryl methyl sites for hydroxylation is 1. The molecule has 2 aliphatic rings. The molecule has 0 radical (unpaired) electrons. The van der Waals surface area contributed by atoms with E-state index >= 15 is 0 Å². The highest BCUT2D eigenvalue weighted by Crippen LogP contribution is 2.29. The maximum atomic E-state index is 11.9. The van der Waals surface area contributed by atoms with Gasteiger partial charge in [0, 0.05) is 18.3 Å². The summed E-state index contributed by atoms with van der Waals surface area (Å²) in [5.41, 5.74) is 2.46. The maximum Gasteiger partial charge on any atom is 0.234 e. The van der Waals surface area contributed by atoms with E-state index in [4.69, 9.17) is 0 Å². The fourth-order valence-corrected chi connectivity index (χ4v) is 2.81. The van der Waals surface area contributed by atoms with E-state index in [9.17, 15) is 4.79 Å². The van der Waals surface area contributed by atoms with Crippen molar-refractivity contribution < 1.29 is 4.79 Å². The molecule has 2 aliphatic carbocycles. The second-order valence-corrected chi connectivity index (χ2v) is 5.76. The van der Waals surface area contributed by atoms with Gasteiger partial charge in [-0.1, -0.05) is 0 Å². The molecule has 5 heteroatoms. The van der Waals surface area contributed by atoms with Gasteiger partial charge in [-0.15, -0.1) is 0 Å². The molecule has 1 atom stereocenters. The molecule has 1 fully saturated rings. The van der Waals surface area contributed by atoms with Gasteiger partial charge in [0.05, 0.1) is 18.8 Å². The van der Waals surface area contributed by atoms with Crippen LogP contribution in [0.2, 0.25) is 0 Å². The van der Waals surface area contributed by atoms with Crippen LogP contribution in [0.15, 0.2) is 6.20 Å². The Kier molecular flexibility index (Phi) is 3.55. The lowest BCUT2D eigenvalue weighted by Crippen LogP contribution is -2.38. The molecule has 1 heterocycles. The first kappa shape index (κ1) is 12.7. The first-order valence-corrected chi connectivity index (χ1v) is 7.25. The first-order valence-electron chi connectivity index (χ1n) is 7.25. The third-order valence-corrected chi connectivity index (χ3v) is 4.13. The van der Waals surface area contributed by atoms with Crippen molar-refractivity contribution in [2.24, 2.45) is 13.0 Å². The Morgan fingerprint density at radius 1 is 1.47 bits per heavy atom. The standard InChI is InChI=1S/C14H22N4O/c1-18-13-4-2-3-12(11(13)8-16-18)17-14(19)9-15-7-10-5-6-10/h8,10,12,15H,2-7,9H2,1H3,(H,17,19). The molecule has 3 rings (SSSR count). The molecular weight excluding hydrogens is 240 g/mol. The van der Waals surface area contributed by atoms with Gasteiger partial charge in [0.25, 0.3) is 0 Å². The molecular formula is C14H22N4O. The fourth-order valence-electron chi connectivity index (χ4n) is 2.81. The van der Waals surface area contributed by atoms with Gasteiger partial charge >= 0.3 is 0 Å². The Morgan fingerprint density at radius 2 is 2.32 bits per heavy atom. The summed E-state index contributed by atoms with van der Waals surface area (Å²) < 4.78 is 1.93. The van der Waals surface area contributed by atoms with Crippen molar-refractivity contribution in [3.63, 3.8) is 0 Å². The van der Waals surface area contributed by atoms with Crippen LogP contribution in [0.5, 0.6) is 0 Å². The smallest absolute Gasteiger partial charge is 0.234 e. The lowest BCUT2D eigenvalue weighted by atomic mass is 9.93. The topological polar surface area (TPSA) is 59.0 Å². The summed E-state index contributed by atoms with van der Waals surface area (Å²) in [4.78, 5) is 11.9. The minimum atomic E-state index is 0.0994. The molecule has 1 unspecified atom stereocenters. The largest absolute Gasteiger partial charge is 0.348 e. The summed E-state index contributed by atoms with van der Waals surface area (Å²) in [6.45, 7) is 1.42. The molecule has 1 amide bonds. The van der Waals surface area contributed by atoms with Crippen LogP contribution >= 0.6 is 0 Å². The third-order valence-electron chi connectivity index (χ3n) is 4.13. The van der Waals surface area contributed by atoms with E-state index in [1.807, 2.05) is 17.9 Å². The first-order chi connectivity index (χ1) is 9.24.